The van der Waals surface area contributed by atoms with E-state index in [0.29, 0.717) is 0 Å². The van der Waals surface area contributed by atoms with Gasteiger partial charge < -0.3 is 4.98 Å². The molecule has 0 amide bonds. The fourth-order valence-electron chi connectivity index (χ4n) is 1.28. The summed E-state index contributed by atoms with van der Waals surface area (Å²) in [5.41, 5.74) is 3.33. The molecule has 0 bridgehead atoms. The largest absolute Gasteiger partial charge is 0.342 e. The van der Waals surface area contributed by atoms with Crippen LogP contribution in [0, 0.1) is 6.92 Å². The van der Waals surface area contributed by atoms with Crippen molar-refractivity contribution in [2.24, 2.45) is 0 Å². The highest BCUT2D eigenvalue weighted by Crippen LogP contribution is 2.14. The second kappa shape index (κ2) is 2.83. The van der Waals surface area contributed by atoms with Gasteiger partial charge in [-0.2, -0.15) is 12.6 Å². The molecule has 2 rings (SSSR count). The van der Waals surface area contributed by atoms with Gasteiger partial charge in [-0.05, 0) is 24.6 Å². The van der Waals surface area contributed by atoms with Crippen LogP contribution in [0.2, 0.25) is 0 Å². The molecule has 3 heteroatoms. The van der Waals surface area contributed by atoms with E-state index >= 15 is 0 Å². The average Bonchev–Trinajstić information content (AvgIpc) is 2.43. The van der Waals surface area contributed by atoms with E-state index in [1.165, 1.54) is 5.56 Å². The van der Waals surface area contributed by atoms with Gasteiger partial charge in [-0.15, -0.1) is 0 Å². The summed E-state index contributed by atoms with van der Waals surface area (Å²) in [6.07, 6.45) is 0. The van der Waals surface area contributed by atoms with Crippen LogP contribution in [-0.4, -0.2) is 9.97 Å². The Bertz CT molecular complexity index is 406. The molecule has 0 aliphatic carbocycles. The third-order valence-corrected chi connectivity index (χ3v) is 2.21. The molecule has 0 radical (unpaired) electrons. The number of H-pyrrole nitrogens is 1. The lowest BCUT2D eigenvalue weighted by atomic mass is 10.2. The Hall–Kier alpha value is -0.960. The quantitative estimate of drug-likeness (QED) is 0.644. The van der Waals surface area contributed by atoms with Gasteiger partial charge in [-0.3, -0.25) is 0 Å². The van der Waals surface area contributed by atoms with Gasteiger partial charge in [0.15, 0.2) is 0 Å². The Morgan fingerprint density at radius 3 is 3.08 bits per heavy atom. The van der Waals surface area contributed by atoms with Crippen LogP contribution in [-0.2, 0) is 5.75 Å². The molecule has 1 aromatic heterocycles. The molecule has 0 atom stereocenters. The van der Waals surface area contributed by atoms with E-state index in [4.69, 9.17) is 0 Å². The highest BCUT2D eigenvalue weighted by molar-refractivity contribution is 7.79. The van der Waals surface area contributed by atoms with Gasteiger partial charge in [0.05, 0.1) is 11.0 Å². The van der Waals surface area contributed by atoms with Gasteiger partial charge in [0, 0.05) is 5.75 Å². The topological polar surface area (TPSA) is 28.7 Å². The Morgan fingerprint density at radius 1 is 1.50 bits per heavy atom. The average molecular weight is 178 g/mol. The molecular formula is C9H10N2S. The number of thiol groups is 1. The summed E-state index contributed by atoms with van der Waals surface area (Å²) < 4.78 is 0. The van der Waals surface area contributed by atoms with Crippen LogP contribution in [0.4, 0.5) is 0 Å². The number of fused-ring (bicyclic) bond motifs is 1. The number of aryl methyl sites for hydroxylation is 1. The van der Waals surface area contributed by atoms with Crippen molar-refractivity contribution in [3.63, 3.8) is 0 Å². The predicted molar refractivity (Wildman–Crippen MR) is 53.5 cm³/mol. The molecule has 0 spiro atoms. The van der Waals surface area contributed by atoms with Crippen LogP contribution in [0.15, 0.2) is 18.2 Å². The summed E-state index contributed by atoms with van der Waals surface area (Å²) in [5, 5.41) is 0. The second-order valence-electron chi connectivity index (χ2n) is 2.83. The molecule has 62 valence electrons. The maximum absolute atomic E-state index is 4.33. The molecule has 0 aliphatic heterocycles. The number of aromatic nitrogens is 2. The van der Waals surface area contributed by atoms with Gasteiger partial charge in [-0.1, -0.05) is 6.07 Å². The number of benzene rings is 1. The third-order valence-electron chi connectivity index (χ3n) is 1.85. The number of nitrogens with zero attached hydrogens (tertiary/aromatic N) is 1. The number of rotatable bonds is 1. The van der Waals surface area contributed by atoms with E-state index in [2.05, 4.69) is 34.7 Å². The maximum Gasteiger partial charge on any atom is 0.104 e. The Morgan fingerprint density at radius 2 is 2.33 bits per heavy atom. The lowest BCUT2D eigenvalue weighted by Gasteiger charge is -1.93. The van der Waals surface area contributed by atoms with Crippen LogP contribution in [0.1, 0.15) is 11.4 Å². The van der Waals surface area contributed by atoms with Crippen LogP contribution in [0.3, 0.4) is 0 Å². The lowest BCUT2D eigenvalue weighted by Crippen LogP contribution is -1.76. The van der Waals surface area contributed by atoms with Crippen molar-refractivity contribution < 1.29 is 0 Å². The highest BCUT2D eigenvalue weighted by atomic mass is 32.1. The maximum atomic E-state index is 4.33. The summed E-state index contributed by atoms with van der Waals surface area (Å²) in [6, 6.07) is 6.17. The summed E-state index contributed by atoms with van der Waals surface area (Å²) in [5.74, 6) is 1.73. The molecule has 2 aromatic rings. The van der Waals surface area contributed by atoms with Gasteiger partial charge in [0.25, 0.3) is 0 Å². The van der Waals surface area contributed by atoms with E-state index in [-0.39, 0.29) is 0 Å². The zero-order valence-electron chi connectivity index (χ0n) is 6.83. The first kappa shape index (κ1) is 7.68. The number of nitrogens with one attached hydrogen (secondary N) is 1. The minimum absolute atomic E-state index is 0.766. The monoisotopic (exact) mass is 178 g/mol. The first-order valence-electron chi connectivity index (χ1n) is 3.86. The molecule has 0 aliphatic rings. The first-order chi connectivity index (χ1) is 5.79. The molecule has 0 unspecified atom stereocenters. The third kappa shape index (κ3) is 1.20. The molecule has 1 N–H and O–H groups in total. The van der Waals surface area contributed by atoms with Crippen LogP contribution in [0.5, 0.6) is 0 Å². The fourth-order valence-corrected chi connectivity index (χ4v) is 1.47. The minimum atomic E-state index is 0.766. The van der Waals surface area contributed by atoms with E-state index in [0.717, 1.165) is 22.6 Å². The van der Waals surface area contributed by atoms with Crippen molar-refractivity contribution in [2.75, 3.05) is 0 Å². The molecule has 2 nitrogen and oxygen atoms in total. The standard InChI is InChI=1S/C9H10N2S/c1-6-10-8-3-2-7(5-12)4-9(8)11-6/h2-4,12H,5H2,1H3,(H,10,11). The molecule has 1 aromatic carbocycles. The molecule has 12 heavy (non-hydrogen) atoms. The Balaban J connectivity index is 2.66. The van der Waals surface area contributed by atoms with Gasteiger partial charge in [-0.25, -0.2) is 4.98 Å². The molecule has 0 saturated heterocycles. The minimum Gasteiger partial charge on any atom is -0.342 e. The number of imidazole rings is 1. The number of aromatic amines is 1. The van der Waals surface area contributed by atoms with E-state index < -0.39 is 0 Å². The lowest BCUT2D eigenvalue weighted by molar-refractivity contribution is 1.17. The second-order valence-corrected chi connectivity index (χ2v) is 3.15. The molecule has 0 saturated carbocycles. The van der Waals surface area contributed by atoms with E-state index in [1.54, 1.807) is 0 Å². The van der Waals surface area contributed by atoms with Crippen molar-refractivity contribution in [1.29, 1.82) is 0 Å². The first-order valence-corrected chi connectivity index (χ1v) is 4.49. The van der Waals surface area contributed by atoms with E-state index in [9.17, 15) is 0 Å². The van der Waals surface area contributed by atoms with Crippen molar-refractivity contribution in [3.8, 4) is 0 Å². The summed E-state index contributed by atoms with van der Waals surface area (Å²) in [7, 11) is 0. The smallest absolute Gasteiger partial charge is 0.104 e. The van der Waals surface area contributed by atoms with Crippen LogP contribution < -0.4 is 0 Å². The summed E-state index contributed by atoms with van der Waals surface area (Å²) >= 11 is 4.20. The van der Waals surface area contributed by atoms with Gasteiger partial charge in [0.1, 0.15) is 5.82 Å². The zero-order chi connectivity index (χ0) is 8.55. The fraction of sp³-hybridized carbons (Fsp3) is 0.222. The summed E-state index contributed by atoms with van der Waals surface area (Å²) in [6.45, 7) is 1.96. The molecular weight excluding hydrogens is 168 g/mol. The van der Waals surface area contributed by atoms with Crippen molar-refractivity contribution in [1.82, 2.24) is 9.97 Å². The summed E-state index contributed by atoms with van der Waals surface area (Å²) in [4.78, 5) is 7.51. The highest BCUT2D eigenvalue weighted by Gasteiger charge is 1.98. The van der Waals surface area contributed by atoms with Crippen LogP contribution in [0.25, 0.3) is 11.0 Å². The Labute approximate surface area is 76.4 Å². The number of hydrogen-bond donors (Lipinski definition) is 2. The predicted octanol–water partition coefficient (Wildman–Crippen LogP) is 2.30. The molecule has 1 heterocycles. The van der Waals surface area contributed by atoms with Crippen molar-refractivity contribution >= 4 is 23.7 Å². The van der Waals surface area contributed by atoms with Gasteiger partial charge >= 0.3 is 0 Å². The van der Waals surface area contributed by atoms with Crippen molar-refractivity contribution in [3.05, 3.63) is 29.6 Å². The number of hydrogen-bond acceptors (Lipinski definition) is 2. The van der Waals surface area contributed by atoms with Crippen molar-refractivity contribution in [2.45, 2.75) is 12.7 Å². The normalized spacial score (nSPS) is 10.8. The van der Waals surface area contributed by atoms with Crippen LogP contribution >= 0.6 is 12.6 Å². The van der Waals surface area contributed by atoms with E-state index in [1.807, 2.05) is 13.0 Å². The Kier molecular flexibility index (Phi) is 1.81. The zero-order valence-corrected chi connectivity index (χ0v) is 7.73. The van der Waals surface area contributed by atoms with Gasteiger partial charge in [0.2, 0.25) is 0 Å². The molecule has 0 fully saturated rings. The SMILES string of the molecule is Cc1nc2cc(CS)ccc2[nH]1.